The van der Waals surface area contributed by atoms with Crippen molar-refractivity contribution in [1.82, 2.24) is 0 Å². The van der Waals surface area contributed by atoms with E-state index in [9.17, 15) is 0 Å². The fourth-order valence-electron chi connectivity index (χ4n) is 2.62. The van der Waals surface area contributed by atoms with Crippen molar-refractivity contribution in [2.75, 3.05) is 6.61 Å². The van der Waals surface area contributed by atoms with Gasteiger partial charge in [-0.2, -0.15) is 0 Å². The Morgan fingerprint density at radius 2 is 1.54 bits per heavy atom. The number of hydrogen-bond acceptors (Lipinski definition) is 3. The van der Waals surface area contributed by atoms with Gasteiger partial charge < -0.3 is 16.6 Å². The summed E-state index contributed by atoms with van der Waals surface area (Å²) in [5.41, 5.74) is 13.4. The number of allylic oxidation sites excluding steroid dienone is 2. The SMILES string of the molecule is N/C1=C(\N)CCC2C(CO)C2CC1. The van der Waals surface area contributed by atoms with E-state index in [1.807, 2.05) is 0 Å². The molecule has 0 aromatic heterocycles. The standard InChI is InChI=1S/C10H18N2O/c11-9-3-1-6-7(8(6)5-13)2-4-10(9)12/h6-8,13H,1-5,11-12H2/b10-9-. The van der Waals surface area contributed by atoms with Crippen LogP contribution in [0.2, 0.25) is 0 Å². The second-order valence-corrected chi connectivity index (χ2v) is 4.30. The number of rotatable bonds is 1. The fraction of sp³-hybridized carbons (Fsp3) is 0.800. The molecular formula is C10H18N2O. The second-order valence-electron chi connectivity index (χ2n) is 4.30. The topological polar surface area (TPSA) is 72.3 Å². The summed E-state index contributed by atoms with van der Waals surface area (Å²) in [4.78, 5) is 0. The minimum atomic E-state index is 0.342. The van der Waals surface area contributed by atoms with Crippen LogP contribution in [0.15, 0.2) is 11.4 Å². The van der Waals surface area contributed by atoms with E-state index in [0.29, 0.717) is 12.5 Å². The van der Waals surface area contributed by atoms with Crippen LogP contribution in [0, 0.1) is 17.8 Å². The summed E-state index contributed by atoms with van der Waals surface area (Å²) in [6, 6.07) is 0. The minimum absolute atomic E-state index is 0.342. The summed E-state index contributed by atoms with van der Waals surface area (Å²) in [7, 11) is 0. The van der Waals surface area contributed by atoms with Gasteiger partial charge in [0.15, 0.2) is 0 Å². The van der Waals surface area contributed by atoms with Crippen LogP contribution in [-0.4, -0.2) is 11.7 Å². The predicted molar refractivity (Wildman–Crippen MR) is 51.4 cm³/mol. The van der Waals surface area contributed by atoms with Crippen LogP contribution in [0.4, 0.5) is 0 Å². The number of hydrogen-bond donors (Lipinski definition) is 3. The average molecular weight is 182 g/mol. The maximum Gasteiger partial charge on any atom is 0.0464 e. The molecule has 0 amide bonds. The highest BCUT2D eigenvalue weighted by Gasteiger charge is 2.48. The highest BCUT2D eigenvalue weighted by molar-refractivity contribution is 5.12. The molecule has 13 heavy (non-hydrogen) atoms. The van der Waals surface area contributed by atoms with Gasteiger partial charge in [0.05, 0.1) is 0 Å². The lowest BCUT2D eigenvalue weighted by atomic mass is 10.0. The molecule has 0 aliphatic heterocycles. The van der Waals surface area contributed by atoms with Gasteiger partial charge >= 0.3 is 0 Å². The third-order valence-corrected chi connectivity index (χ3v) is 3.63. The summed E-state index contributed by atoms with van der Waals surface area (Å²) in [5.74, 6) is 1.98. The van der Waals surface area contributed by atoms with Crippen LogP contribution in [0.5, 0.6) is 0 Å². The first kappa shape index (κ1) is 8.88. The zero-order chi connectivity index (χ0) is 9.42. The summed E-state index contributed by atoms with van der Waals surface area (Å²) in [5, 5.41) is 9.08. The molecule has 2 aliphatic rings. The van der Waals surface area contributed by atoms with Gasteiger partial charge in [-0.05, 0) is 43.4 Å². The van der Waals surface area contributed by atoms with E-state index in [4.69, 9.17) is 16.6 Å². The number of fused-ring (bicyclic) bond motifs is 1. The van der Waals surface area contributed by atoms with E-state index >= 15 is 0 Å². The molecule has 2 aliphatic carbocycles. The Morgan fingerprint density at radius 3 is 1.92 bits per heavy atom. The van der Waals surface area contributed by atoms with Crippen molar-refractivity contribution >= 4 is 0 Å². The summed E-state index contributed by atoms with van der Waals surface area (Å²) in [6.07, 6.45) is 4.07. The summed E-state index contributed by atoms with van der Waals surface area (Å²) in [6.45, 7) is 0.342. The van der Waals surface area contributed by atoms with Crippen molar-refractivity contribution in [3.8, 4) is 0 Å². The van der Waals surface area contributed by atoms with Gasteiger partial charge in [-0.15, -0.1) is 0 Å². The quantitative estimate of drug-likeness (QED) is 0.554. The molecule has 0 bridgehead atoms. The molecule has 1 saturated carbocycles. The lowest BCUT2D eigenvalue weighted by molar-refractivity contribution is 0.262. The first-order valence-electron chi connectivity index (χ1n) is 5.08. The zero-order valence-electron chi connectivity index (χ0n) is 7.87. The van der Waals surface area contributed by atoms with Crippen molar-refractivity contribution in [2.24, 2.45) is 29.2 Å². The molecule has 3 nitrogen and oxygen atoms in total. The monoisotopic (exact) mass is 182 g/mol. The Balaban J connectivity index is 1.99. The molecule has 1 fully saturated rings. The van der Waals surface area contributed by atoms with Gasteiger partial charge in [-0.25, -0.2) is 0 Å². The van der Waals surface area contributed by atoms with Gasteiger partial charge in [-0.1, -0.05) is 0 Å². The van der Waals surface area contributed by atoms with Crippen LogP contribution < -0.4 is 11.5 Å². The van der Waals surface area contributed by atoms with E-state index in [1.54, 1.807) is 0 Å². The number of aliphatic hydroxyl groups excluding tert-OH is 1. The lowest BCUT2D eigenvalue weighted by Crippen LogP contribution is -2.12. The molecule has 5 N–H and O–H groups in total. The van der Waals surface area contributed by atoms with Crippen LogP contribution in [0.3, 0.4) is 0 Å². The largest absolute Gasteiger partial charge is 0.401 e. The van der Waals surface area contributed by atoms with Crippen molar-refractivity contribution in [2.45, 2.75) is 25.7 Å². The summed E-state index contributed by atoms with van der Waals surface area (Å²) >= 11 is 0. The maximum atomic E-state index is 9.08. The molecular weight excluding hydrogens is 164 g/mol. The van der Waals surface area contributed by atoms with Crippen molar-refractivity contribution in [3.05, 3.63) is 11.4 Å². The van der Waals surface area contributed by atoms with Crippen LogP contribution >= 0.6 is 0 Å². The predicted octanol–water partition coefficient (Wildman–Crippen LogP) is 0.544. The molecule has 0 spiro atoms. The Hall–Kier alpha value is -0.700. The Kier molecular flexibility index (Phi) is 2.20. The smallest absolute Gasteiger partial charge is 0.0464 e. The third-order valence-electron chi connectivity index (χ3n) is 3.63. The highest BCUT2D eigenvalue weighted by Crippen LogP contribution is 2.52. The molecule has 0 saturated heterocycles. The van der Waals surface area contributed by atoms with E-state index in [0.717, 1.165) is 48.9 Å². The molecule has 0 radical (unpaired) electrons. The normalized spacial score (nSPS) is 44.8. The Morgan fingerprint density at radius 1 is 1.08 bits per heavy atom. The maximum absolute atomic E-state index is 9.08. The lowest BCUT2D eigenvalue weighted by Gasteiger charge is -2.10. The zero-order valence-corrected chi connectivity index (χ0v) is 7.87. The first-order chi connectivity index (χ1) is 6.24. The van der Waals surface area contributed by atoms with Gasteiger partial charge in [0.2, 0.25) is 0 Å². The molecule has 2 atom stereocenters. The summed E-state index contributed by atoms with van der Waals surface area (Å²) < 4.78 is 0. The molecule has 2 rings (SSSR count). The highest BCUT2D eigenvalue weighted by atomic mass is 16.3. The van der Waals surface area contributed by atoms with E-state index in [-0.39, 0.29) is 0 Å². The van der Waals surface area contributed by atoms with E-state index in [2.05, 4.69) is 0 Å². The van der Waals surface area contributed by atoms with E-state index < -0.39 is 0 Å². The molecule has 0 aromatic carbocycles. The molecule has 74 valence electrons. The number of aliphatic hydroxyl groups is 1. The molecule has 2 unspecified atom stereocenters. The Labute approximate surface area is 78.8 Å². The third kappa shape index (κ3) is 1.53. The van der Waals surface area contributed by atoms with E-state index in [1.165, 1.54) is 0 Å². The molecule has 0 aromatic rings. The van der Waals surface area contributed by atoms with Crippen LogP contribution in [0.25, 0.3) is 0 Å². The van der Waals surface area contributed by atoms with Crippen molar-refractivity contribution in [1.29, 1.82) is 0 Å². The molecule has 3 heteroatoms. The Bertz CT molecular complexity index is 215. The van der Waals surface area contributed by atoms with Gasteiger partial charge in [0.25, 0.3) is 0 Å². The van der Waals surface area contributed by atoms with Gasteiger partial charge in [0.1, 0.15) is 0 Å². The van der Waals surface area contributed by atoms with Gasteiger partial charge in [0, 0.05) is 18.0 Å². The van der Waals surface area contributed by atoms with Crippen molar-refractivity contribution in [3.63, 3.8) is 0 Å². The molecule has 0 heterocycles. The van der Waals surface area contributed by atoms with Crippen molar-refractivity contribution < 1.29 is 5.11 Å². The van der Waals surface area contributed by atoms with Gasteiger partial charge in [-0.3, -0.25) is 0 Å². The van der Waals surface area contributed by atoms with Crippen LogP contribution in [-0.2, 0) is 0 Å². The van der Waals surface area contributed by atoms with Crippen LogP contribution in [0.1, 0.15) is 25.7 Å². The fourth-order valence-corrected chi connectivity index (χ4v) is 2.62. The second kappa shape index (κ2) is 3.22. The number of nitrogens with two attached hydrogens (primary N) is 2. The minimum Gasteiger partial charge on any atom is -0.401 e. The average Bonchev–Trinajstić information content (AvgIpc) is 2.80. The first-order valence-corrected chi connectivity index (χ1v) is 5.08.